The molecule has 0 amide bonds. The Morgan fingerprint density at radius 2 is 2.00 bits per heavy atom. The van der Waals surface area contributed by atoms with Crippen molar-refractivity contribution in [3.63, 3.8) is 0 Å². The molecule has 3 aromatic rings. The van der Waals surface area contributed by atoms with Crippen LogP contribution in [0.3, 0.4) is 0 Å². The Hall–Kier alpha value is -2.23. The number of hydrogen-bond donors (Lipinski definition) is 0. The molecule has 0 saturated heterocycles. The van der Waals surface area contributed by atoms with Gasteiger partial charge in [-0.2, -0.15) is 0 Å². The lowest BCUT2D eigenvalue weighted by Crippen LogP contribution is -2.04. The molecule has 96 valence electrons. The summed E-state index contributed by atoms with van der Waals surface area (Å²) in [7, 11) is 0. The Morgan fingerprint density at radius 1 is 1.16 bits per heavy atom. The third-order valence-corrected chi connectivity index (χ3v) is 3.21. The van der Waals surface area contributed by atoms with E-state index in [9.17, 15) is 4.39 Å². The van der Waals surface area contributed by atoms with Crippen LogP contribution in [0.15, 0.2) is 42.6 Å². The quantitative estimate of drug-likeness (QED) is 0.719. The maximum absolute atomic E-state index is 13.7. The van der Waals surface area contributed by atoms with Crippen molar-refractivity contribution in [3.05, 3.63) is 59.8 Å². The summed E-state index contributed by atoms with van der Waals surface area (Å²) < 4.78 is 15.7. The number of hydrogen-bond acceptors (Lipinski definition) is 2. The van der Waals surface area contributed by atoms with Crippen LogP contribution in [0.2, 0.25) is 0 Å². The third kappa shape index (κ3) is 2.10. The van der Waals surface area contributed by atoms with Gasteiger partial charge in [0.15, 0.2) is 5.65 Å². The molecule has 0 aliphatic heterocycles. The van der Waals surface area contributed by atoms with Gasteiger partial charge >= 0.3 is 0 Å². The Morgan fingerprint density at radius 3 is 2.79 bits per heavy atom. The van der Waals surface area contributed by atoms with Crippen LogP contribution >= 0.6 is 0 Å². The summed E-state index contributed by atoms with van der Waals surface area (Å²) in [5.74, 6) is 0.659. The number of aromatic nitrogens is 3. The van der Waals surface area contributed by atoms with E-state index in [4.69, 9.17) is 0 Å². The van der Waals surface area contributed by atoms with Crippen LogP contribution in [0.25, 0.3) is 11.2 Å². The van der Waals surface area contributed by atoms with Crippen molar-refractivity contribution < 1.29 is 4.39 Å². The highest BCUT2D eigenvalue weighted by atomic mass is 19.1. The standard InChI is InChI=1S/C15H14FN3/c1-2-19-14(10-11-6-3-4-7-12(11)16)18-13-8-5-9-17-15(13)19/h3-9H,2,10H2,1H3. The van der Waals surface area contributed by atoms with Gasteiger partial charge in [0.25, 0.3) is 0 Å². The molecule has 0 radical (unpaired) electrons. The van der Waals surface area contributed by atoms with Crippen LogP contribution in [0.1, 0.15) is 18.3 Å². The number of pyridine rings is 1. The summed E-state index contributed by atoms with van der Waals surface area (Å²) in [4.78, 5) is 8.90. The molecule has 0 aliphatic rings. The van der Waals surface area contributed by atoms with Crippen molar-refractivity contribution in [1.29, 1.82) is 0 Å². The fraction of sp³-hybridized carbons (Fsp3) is 0.200. The smallest absolute Gasteiger partial charge is 0.159 e. The number of nitrogens with zero attached hydrogens (tertiary/aromatic N) is 3. The molecule has 4 heteroatoms. The molecule has 0 saturated carbocycles. The van der Waals surface area contributed by atoms with Gasteiger partial charge in [-0.3, -0.25) is 0 Å². The Labute approximate surface area is 110 Å². The van der Waals surface area contributed by atoms with Crippen molar-refractivity contribution >= 4 is 11.2 Å². The fourth-order valence-corrected chi connectivity index (χ4v) is 2.28. The minimum atomic E-state index is -0.190. The first kappa shape index (κ1) is 11.8. The lowest BCUT2D eigenvalue weighted by Gasteiger charge is -2.06. The monoisotopic (exact) mass is 255 g/mol. The van der Waals surface area contributed by atoms with Gasteiger partial charge in [-0.05, 0) is 30.7 Å². The van der Waals surface area contributed by atoms with Crippen LogP contribution in [-0.4, -0.2) is 14.5 Å². The van der Waals surface area contributed by atoms with Crippen molar-refractivity contribution in [2.45, 2.75) is 19.9 Å². The van der Waals surface area contributed by atoms with E-state index in [1.165, 1.54) is 6.07 Å². The first-order valence-corrected chi connectivity index (χ1v) is 6.33. The first-order valence-electron chi connectivity index (χ1n) is 6.33. The number of rotatable bonds is 3. The van der Waals surface area contributed by atoms with Crippen LogP contribution in [0, 0.1) is 5.82 Å². The highest BCUT2D eigenvalue weighted by Crippen LogP contribution is 2.17. The molecule has 0 atom stereocenters. The summed E-state index contributed by atoms with van der Waals surface area (Å²) in [6, 6.07) is 10.6. The normalized spacial score (nSPS) is 11.1. The van der Waals surface area contributed by atoms with Gasteiger partial charge in [0.1, 0.15) is 17.2 Å². The van der Waals surface area contributed by atoms with Crippen molar-refractivity contribution in [3.8, 4) is 0 Å². The van der Waals surface area contributed by atoms with Crippen LogP contribution in [0.4, 0.5) is 4.39 Å². The number of fused-ring (bicyclic) bond motifs is 1. The Balaban J connectivity index is 2.08. The summed E-state index contributed by atoms with van der Waals surface area (Å²) in [6.07, 6.45) is 2.24. The van der Waals surface area contributed by atoms with Gasteiger partial charge in [-0.25, -0.2) is 14.4 Å². The van der Waals surface area contributed by atoms with Crippen LogP contribution in [0.5, 0.6) is 0 Å². The fourth-order valence-electron chi connectivity index (χ4n) is 2.28. The summed E-state index contributed by atoms with van der Waals surface area (Å²) in [5.41, 5.74) is 2.37. The van der Waals surface area contributed by atoms with E-state index in [2.05, 4.69) is 9.97 Å². The van der Waals surface area contributed by atoms with Crippen molar-refractivity contribution in [1.82, 2.24) is 14.5 Å². The van der Waals surface area contributed by atoms with Gasteiger partial charge in [0.2, 0.25) is 0 Å². The molecule has 19 heavy (non-hydrogen) atoms. The summed E-state index contributed by atoms with van der Waals surface area (Å²) >= 11 is 0. The average Bonchev–Trinajstić information content (AvgIpc) is 2.78. The molecule has 2 heterocycles. The van der Waals surface area contributed by atoms with Gasteiger partial charge in [0, 0.05) is 19.2 Å². The van der Waals surface area contributed by atoms with Crippen LogP contribution in [-0.2, 0) is 13.0 Å². The van der Waals surface area contributed by atoms with Crippen molar-refractivity contribution in [2.75, 3.05) is 0 Å². The summed E-state index contributed by atoms with van der Waals surface area (Å²) in [6.45, 7) is 2.82. The molecule has 3 rings (SSSR count). The maximum Gasteiger partial charge on any atom is 0.159 e. The topological polar surface area (TPSA) is 30.7 Å². The molecular weight excluding hydrogens is 241 g/mol. The molecule has 0 fully saturated rings. The number of aryl methyl sites for hydroxylation is 1. The minimum Gasteiger partial charge on any atom is -0.313 e. The predicted molar refractivity (Wildman–Crippen MR) is 72.4 cm³/mol. The molecule has 0 unspecified atom stereocenters. The molecule has 0 aliphatic carbocycles. The van der Waals surface area contributed by atoms with E-state index in [1.807, 2.05) is 29.7 Å². The largest absolute Gasteiger partial charge is 0.313 e. The van der Waals surface area contributed by atoms with E-state index >= 15 is 0 Å². The number of halogens is 1. The second-order valence-electron chi connectivity index (χ2n) is 4.39. The molecule has 1 aromatic carbocycles. The third-order valence-electron chi connectivity index (χ3n) is 3.21. The highest BCUT2D eigenvalue weighted by molar-refractivity contribution is 5.71. The van der Waals surface area contributed by atoms with Gasteiger partial charge in [-0.1, -0.05) is 18.2 Å². The van der Waals surface area contributed by atoms with E-state index in [1.54, 1.807) is 18.3 Å². The zero-order valence-electron chi connectivity index (χ0n) is 10.7. The number of imidazole rings is 1. The number of benzene rings is 1. The molecule has 3 nitrogen and oxygen atoms in total. The van der Waals surface area contributed by atoms with Gasteiger partial charge < -0.3 is 4.57 Å². The molecular formula is C15H14FN3. The molecule has 0 bridgehead atoms. The first-order chi connectivity index (χ1) is 9.29. The van der Waals surface area contributed by atoms with Crippen LogP contribution < -0.4 is 0 Å². The highest BCUT2D eigenvalue weighted by Gasteiger charge is 2.12. The second-order valence-corrected chi connectivity index (χ2v) is 4.39. The Bertz CT molecular complexity index is 718. The zero-order valence-corrected chi connectivity index (χ0v) is 10.7. The zero-order chi connectivity index (χ0) is 13.2. The summed E-state index contributed by atoms with van der Waals surface area (Å²) in [5, 5.41) is 0. The lowest BCUT2D eigenvalue weighted by atomic mass is 10.1. The maximum atomic E-state index is 13.7. The van der Waals surface area contributed by atoms with E-state index in [-0.39, 0.29) is 5.82 Å². The lowest BCUT2D eigenvalue weighted by molar-refractivity contribution is 0.608. The molecule has 2 aromatic heterocycles. The van der Waals surface area contributed by atoms with Crippen molar-refractivity contribution in [2.24, 2.45) is 0 Å². The Kier molecular flexibility index (Phi) is 2.99. The molecule has 0 N–H and O–H groups in total. The van der Waals surface area contributed by atoms with E-state index in [0.29, 0.717) is 12.0 Å². The predicted octanol–water partition coefficient (Wildman–Crippen LogP) is 3.18. The van der Waals surface area contributed by atoms with Gasteiger partial charge in [-0.15, -0.1) is 0 Å². The molecule has 0 spiro atoms. The van der Waals surface area contributed by atoms with E-state index in [0.717, 1.165) is 23.5 Å². The minimum absolute atomic E-state index is 0.190. The average molecular weight is 255 g/mol. The SMILES string of the molecule is CCn1c(Cc2ccccc2F)nc2cccnc21. The van der Waals surface area contributed by atoms with Gasteiger partial charge in [0.05, 0.1) is 0 Å². The van der Waals surface area contributed by atoms with E-state index < -0.39 is 0 Å². The second kappa shape index (κ2) is 4.80.